The highest BCUT2D eigenvalue weighted by Gasteiger charge is 2.54. The number of likely N-dealkylation sites (tertiary alicyclic amines) is 1. The first kappa shape index (κ1) is 17.2. The van der Waals surface area contributed by atoms with E-state index < -0.39 is 11.4 Å². The minimum Gasteiger partial charge on any atom is -0.481 e. The number of benzene rings is 1. The number of carboxylic acid groups (broad SMARTS) is 1. The maximum absolute atomic E-state index is 11.8. The Morgan fingerprint density at radius 3 is 2.81 bits per heavy atom. The second-order valence-corrected chi connectivity index (χ2v) is 8.01. The first-order chi connectivity index (χ1) is 12.5. The molecule has 6 nitrogen and oxygen atoms in total. The molecule has 1 saturated heterocycles. The molecule has 2 fully saturated rings. The Morgan fingerprint density at radius 2 is 2.15 bits per heavy atom. The SMILES string of the molecule is CC(C)c1ccc(-c2noc(CN3C[C@@H]4CCC[C@@]4(C(=O)O)C3)n2)cc1. The number of aromatic nitrogens is 2. The largest absolute Gasteiger partial charge is 0.481 e. The monoisotopic (exact) mass is 355 g/mol. The predicted octanol–water partition coefficient (Wildman–Crippen LogP) is 3.55. The third-order valence-electron chi connectivity index (χ3n) is 6.03. The summed E-state index contributed by atoms with van der Waals surface area (Å²) in [5.41, 5.74) is 1.64. The van der Waals surface area contributed by atoms with Crippen LogP contribution in [0.25, 0.3) is 11.4 Å². The Kier molecular flexibility index (Phi) is 4.31. The van der Waals surface area contributed by atoms with Crippen molar-refractivity contribution in [3.8, 4) is 11.4 Å². The van der Waals surface area contributed by atoms with E-state index in [4.69, 9.17) is 4.52 Å². The average Bonchev–Trinajstić information content (AvgIpc) is 3.29. The molecule has 1 aromatic heterocycles. The van der Waals surface area contributed by atoms with Crippen LogP contribution in [0.1, 0.15) is 50.5 Å². The van der Waals surface area contributed by atoms with Gasteiger partial charge in [0.15, 0.2) is 0 Å². The number of carbonyl (C=O) groups is 1. The van der Waals surface area contributed by atoms with Crippen LogP contribution in [0.2, 0.25) is 0 Å². The molecular formula is C20H25N3O3. The Balaban J connectivity index is 1.45. The van der Waals surface area contributed by atoms with Gasteiger partial charge in [0, 0.05) is 18.7 Å². The lowest BCUT2D eigenvalue weighted by molar-refractivity contribution is -0.149. The lowest BCUT2D eigenvalue weighted by Gasteiger charge is -2.23. The molecule has 0 unspecified atom stereocenters. The summed E-state index contributed by atoms with van der Waals surface area (Å²) < 4.78 is 5.42. The van der Waals surface area contributed by atoms with Gasteiger partial charge in [-0.3, -0.25) is 9.69 Å². The summed E-state index contributed by atoms with van der Waals surface area (Å²) in [4.78, 5) is 18.5. The number of carboxylic acids is 1. The highest BCUT2D eigenvalue weighted by atomic mass is 16.5. The van der Waals surface area contributed by atoms with Crippen molar-refractivity contribution >= 4 is 5.97 Å². The summed E-state index contributed by atoms with van der Waals surface area (Å²) in [5.74, 6) is 1.21. The summed E-state index contributed by atoms with van der Waals surface area (Å²) in [6, 6.07) is 8.22. The van der Waals surface area contributed by atoms with Crippen LogP contribution >= 0.6 is 0 Å². The second-order valence-electron chi connectivity index (χ2n) is 8.01. The van der Waals surface area contributed by atoms with Gasteiger partial charge in [0.2, 0.25) is 11.7 Å². The highest BCUT2D eigenvalue weighted by Crippen LogP contribution is 2.49. The minimum atomic E-state index is -0.654. The molecule has 2 aromatic rings. The molecule has 4 rings (SSSR count). The first-order valence-corrected chi connectivity index (χ1v) is 9.36. The Labute approximate surface area is 153 Å². The lowest BCUT2D eigenvalue weighted by Crippen LogP contribution is -2.35. The molecule has 1 aliphatic heterocycles. The van der Waals surface area contributed by atoms with Gasteiger partial charge in [0.25, 0.3) is 0 Å². The van der Waals surface area contributed by atoms with Crippen molar-refractivity contribution in [3.05, 3.63) is 35.7 Å². The van der Waals surface area contributed by atoms with Crippen molar-refractivity contribution in [2.75, 3.05) is 13.1 Å². The van der Waals surface area contributed by atoms with Crippen molar-refractivity contribution < 1.29 is 14.4 Å². The summed E-state index contributed by atoms with van der Waals surface area (Å²) in [7, 11) is 0. The molecular weight excluding hydrogens is 330 g/mol. The number of rotatable bonds is 5. The Bertz CT molecular complexity index is 799. The van der Waals surface area contributed by atoms with Crippen molar-refractivity contribution in [1.29, 1.82) is 0 Å². The summed E-state index contributed by atoms with van der Waals surface area (Å²) in [5, 5.41) is 13.8. The van der Waals surface area contributed by atoms with E-state index in [0.717, 1.165) is 31.4 Å². The zero-order chi connectivity index (χ0) is 18.3. The number of nitrogens with zero attached hydrogens (tertiary/aromatic N) is 3. The summed E-state index contributed by atoms with van der Waals surface area (Å²) in [6.07, 6.45) is 2.79. The number of aliphatic carboxylic acids is 1. The van der Waals surface area contributed by atoms with Crippen LogP contribution in [-0.4, -0.2) is 39.2 Å². The Morgan fingerprint density at radius 1 is 1.38 bits per heavy atom. The zero-order valence-electron chi connectivity index (χ0n) is 15.3. The van der Waals surface area contributed by atoms with Crippen LogP contribution in [0.4, 0.5) is 0 Å². The molecule has 0 bridgehead atoms. The first-order valence-electron chi connectivity index (χ1n) is 9.36. The van der Waals surface area contributed by atoms with Gasteiger partial charge in [-0.15, -0.1) is 0 Å². The molecule has 0 radical (unpaired) electrons. The molecule has 0 amide bonds. The van der Waals surface area contributed by atoms with Crippen LogP contribution in [0, 0.1) is 11.3 Å². The molecule has 2 heterocycles. The van der Waals surface area contributed by atoms with Crippen LogP contribution in [0.3, 0.4) is 0 Å². The number of fused-ring (bicyclic) bond motifs is 1. The molecule has 1 aliphatic carbocycles. The van der Waals surface area contributed by atoms with Crippen molar-refractivity contribution in [2.24, 2.45) is 11.3 Å². The van der Waals surface area contributed by atoms with E-state index in [1.165, 1.54) is 5.56 Å². The molecule has 0 spiro atoms. The van der Waals surface area contributed by atoms with Gasteiger partial charge in [-0.1, -0.05) is 49.7 Å². The van der Waals surface area contributed by atoms with Gasteiger partial charge >= 0.3 is 5.97 Å². The van der Waals surface area contributed by atoms with E-state index in [2.05, 4.69) is 41.0 Å². The molecule has 26 heavy (non-hydrogen) atoms. The molecule has 1 N–H and O–H groups in total. The maximum Gasteiger partial charge on any atom is 0.311 e. The molecule has 138 valence electrons. The van der Waals surface area contributed by atoms with Gasteiger partial charge in [-0.05, 0) is 30.2 Å². The fourth-order valence-corrected chi connectivity index (χ4v) is 4.51. The van der Waals surface area contributed by atoms with E-state index >= 15 is 0 Å². The normalized spacial score (nSPS) is 25.7. The molecule has 1 saturated carbocycles. The van der Waals surface area contributed by atoms with Crippen LogP contribution in [0.15, 0.2) is 28.8 Å². The Hall–Kier alpha value is -2.21. The maximum atomic E-state index is 11.8. The van der Waals surface area contributed by atoms with E-state index in [9.17, 15) is 9.90 Å². The topological polar surface area (TPSA) is 79.5 Å². The van der Waals surface area contributed by atoms with Crippen LogP contribution < -0.4 is 0 Å². The molecule has 2 atom stereocenters. The van der Waals surface area contributed by atoms with Gasteiger partial charge in [-0.2, -0.15) is 4.98 Å². The highest BCUT2D eigenvalue weighted by molar-refractivity contribution is 5.76. The van der Waals surface area contributed by atoms with E-state index in [1.54, 1.807) is 0 Å². The fraction of sp³-hybridized carbons (Fsp3) is 0.550. The lowest BCUT2D eigenvalue weighted by atomic mass is 9.81. The van der Waals surface area contributed by atoms with Gasteiger partial charge in [0.1, 0.15) is 0 Å². The van der Waals surface area contributed by atoms with E-state index in [-0.39, 0.29) is 5.92 Å². The number of hydrogen-bond acceptors (Lipinski definition) is 5. The standard InChI is InChI=1S/C20H25N3O3/c1-13(2)14-5-7-15(8-6-14)18-21-17(26-22-18)11-23-10-16-4-3-9-20(16,12-23)19(24)25/h5-8,13,16H,3-4,9-12H2,1-2H3,(H,24,25)/t16-,20+/m0/s1. The van der Waals surface area contributed by atoms with Gasteiger partial charge < -0.3 is 9.63 Å². The van der Waals surface area contributed by atoms with Crippen LogP contribution in [0.5, 0.6) is 0 Å². The van der Waals surface area contributed by atoms with E-state index in [1.807, 2.05) is 12.1 Å². The third kappa shape index (κ3) is 2.92. The second kappa shape index (κ2) is 6.50. The summed E-state index contributed by atoms with van der Waals surface area (Å²) >= 11 is 0. The smallest absolute Gasteiger partial charge is 0.311 e. The quantitative estimate of drug-likeness (QED) is 0.883. The van der Waals surface area contributed by atoms with Crippen molar-refractivity contribution in [2.45, 2.75) is 45.6 Å². The zero-order valence-corrected chi connectivity index (χ0v) is 15.3. The minimum absolute atomic E-state index is 0.242. The fourth-order valence-electron chi connectivity index (χ4n) is 4.51. The predicted molar refractivity (Wildman–Crippen MR) is 96.5 cm³/mol. The van der Waals surface area contributed by atoms with Crippen molar-refractivity contribution in [1.82, 2.24) is 15.0 Å². The van der Waals surface area contributed by atoms with Crippen LogP contribution in [-0.2, 0) is 11.3 Å². The summed E-state index contributed by atoms with van der Waals surface area (Å²) in [6.45, 7) is 6.22. The molecule has 1 aromatic carbocycles. The van der Waals surface area contributed by atoms with Gasteiger partial charge in [0.05, 0.1) is 12.0 Å². The molecule has 2 aliphatic rings. The van der Waals surface area contributed by atoms with Crippen molar-refractivity contribution in [3.63, 3.8) is 0 Å². The third-order valence-corrected chi connectivity index (χ3v) is 6.03. The average molecular weight is 355 g/mol. The number of hydrogen-bond donors (Lipinski definition) is 1. The molecule has 6 heteroatoms. The van der Waals surface area contributed by atoms with Gasteiger partial charge in [-0.25, -0.2) is 0 Å². The van der Waals surface area contributed by atoms with E-state index in [0.29, 0.717) is 30.7 Å².